The van der Waals surface area contributed by atoms with Crippen molar-refractivity contribution in [2.24, 2.45) is 29.0 Å². The van der Waals surface area contributed by atoms with Gasteiger partial charge in [0.25, 0.3) is 0 Å². The van der Waals surface area contributed by atoms with Crippen molar-refractivity contribution in [1.29, 1.82) is 0 Å². The molecule has 0 aromatic rings. The topological polar surface area (TPSA) is 203 Å². The van der Waals surface area contributed by atoms with Crippen LogP contribution in [0.15, 0.2) is 0 Å². The molecule has 0 saturated carbocycles. The van der Waals surface area contributed by atoms with Crippen molar-refractivity contribution in [3.8, 4) is 0 Å². The lowest BCUT2D eigenvalue weighted by atomic mass is 9.99. The first-order chi connectivity index (χ1) is 15.5. The molecule has 11 heteroatoms. The lowest BCUT2D eigenvalue weighted by Crippen LogP contribution is -2.58. The number of hydrogen-bond donors (Lipinski definition) is 7. The molecule has 192 valence electrons. The Hall–Kier alpha value is -2.24. The van der Waals surface area contributed by atoms with Crippen LogP contribution in [0.2, 0.25) is 0 Å². The highest BCUT2D eigenvalue weighted by molar-refractivity contribution is 5.94. The van der Waals surface area contributed by atoms with Gasteiger partial charge in [0, 0.05) is 0 Å². The van der Waals surface area contributed by atoms with Crippen LogP contribution >= 0.6 is 0 Å². The molecular weight excluding hydrogens is 428 g/mol. The van der Waals surface area contributed by atoms with Crippen LogP contribution in [-0.2, 0) is 19.2 Å². The monoisotopic (exact) mass is 472 g/mol. The predicted octanol–water partition coefficient (Wildman–Crippen LogP) is -0.577. The van der Waals surface area contributed by atoms with E-state index in [1.54, 1.807) is 27.7 Å². The maximum absolute atomic E-state index is 13.0. The van der Waals surface area contributed by atoms with E-state index in [-0.39, 0.29) is 24.7 Å². The van der Waals surface area contributed by atoms with Gasteiger partial charge in [-0.25, -0.2) is 4.79 Å². The van der Waals surface area contributed by atoms with Gasteiger partial charge in [0.05, 0.1) is 6.04 Å². The van der Waals surface area contributed by atoms with Crippen LogP contribution in [0.5, 0.6) is 0 Å². The third kappa shape index (κ3) is 12.0. The molecule has 0 aliphatic heterocycles. The van der Waals surface area contributed by atoms with Crippen molar-refractivity contribution in [2.45, 2.75) is 90.4 Å². The summed E-state index contributed by atoms with van der Waals surface area (Å²) in [6.45, 7) is 8.01. The number of nitrogens with two attached hydrogens (primary N) is 3. The molecule has 0 rings (SSSR count). The molecule has 0 aromatic carbocycles. The minimum absolute atomic E-state index is 0.108. The summed E-state index contributed by atoms with van der Waals surface area (Å²) in [5.41, 5.74) is 16.9. The molecule has 0 aliphatic carbocycles. The molecule has 0 spiro atoms. The van der Waals surface area contributed by atoms with E-state index < -0.39 is 47.9 Å². The van der Waals surface area contributed by atoms with Crippen LogP contribution in [-0.4, -0.2) is 66.1 Å². The summed E-state index contributed by atoms with van der Waals surface area (Å²) in [6.07, 6.45) is 2.93. The second-order valence-electron chi connectivity index (χ2n) is 9.03. The molecular formula is C22H44N6O5. The van der Waals surface area contributed by atoms with E-state index >= 15 is 0 Å². The maximum Gasteiger partial charge on any atom is 0.326 e. The van der Waals surface area contributed by atoms with Gasteiger partial charge in [-0.3, -0.25) is 14.4 Å². The zero-order valence-electron chi connectivity index (χ0n) is 20.4. The van der Waals surface area contributed by atoms with E-state index in [4.69, 9.17) is 17.2 Å². The molecule has 11 nitrogen and oxygen atoms in total. The van der Waals surface area contributed by atoms with Gasteiger partial charge in [0.2, 0.25) is 17.7 Å². The third-order valence-corrected chi connectivity index (χ3v) is 5.41. The van der Waals surface area contributed by atoms with Gasteiger partial charge in [-0.2, -0.15) is 0 Å². The average molecular weight is 473 g/mol. The summed E-state index contributed by atoms with van der Waals surface area (Å²) in [7, 11) is 0. The summed E-state index contributed by atoms with van der Waals surface area (Å²) < 4.78 is 0. The molecule has 0 heterocycles. The molecule has 0 saturated heterocycles. The fourth-order valence-electron chi connectivity index (χ4n) is 3.13. The second kappa shape index (κ2) is 16.4. The molecule has 10 N–H and O–H groups in total. The molecule has 0 fully saturated rings. The Bertz CT molecular complexity index is 628. The van der Waals surface area contributed by atoms with E-state index in [1.807, 2.05) is 0 Å². The molecule has 0 aromatic heterocycles. The lowest BCUT2D eigenvalue weighted by Gasteiger charge is -2.27. The largest absolute Gasteiger partial charge is 0.480 e. The third-order valence-electron chi connectivity index (χ3n) is 5.41. The summed E-state index contributed by atoms with van der Waals surface area (Å²) in [5.74, 6) is -3.09. The quantitative estimate of drug-likeness (QED) is 0.136. The molecule has 33 heavy (non-hydrogen) atoms. The molecule has 4 atom stereocenters. The van der Waals surface area contributed by atoms with Crippen LogP contribution < -0.4 is 33.2 Å². The van der Waals surface area contributed by atoms with Crippen molar-refractivity contribution in [3.05, 3.63) is 0 Å². The van der Waals surface area contributed by atoms with Crippen LogP contribution in [0.25, 0.3) is 0 Å². The van der Waals surface area contributed by atoms with Gasteiger partial charge < -0.3 is 38.3 Å². The van der Waals surface area contributed by atoms with Gasteiger partial charge in [-0.15, -0.1) is 0 Å². The summed E-state index contributed by atoms with van der Waals surface area (Å²) in [4.78, 5) is 49.8. The summed E-state index contributed by atoms with van der Waals surface area (Å²) >= 11 is 0. The lowest BCUT2D eigenvalue weighted by molar-refractivity contribution is -0.142. The predicted molar refractivity (Wildman–Crippen MR) is 127 cm³/mol. The smallest absolute Gasteiger partial charge is 0.326 e. The highest BCUT2D eigenvalue weighted by Crippen LogP contribution is 2.09. The van der Waals surface area contributed by atoms with E-state index in [2.05, 4.69) is 16.0 Å². The zero-order valence-corrected chi connectivity index (χ0v) is 20.4. The number of amides is 3. The van der Waals surface area contributed by atoms with E-state index in [1.165, 1.54) is 0 Å². The van der Waals surface area contributed by atoms with Crippen LogP contribution in [0.3, 0.4) is 0 Å². The molecule has 0 bridgehead atoms. The van der Waals surface area contributed by atoms with Crippen molar-refractivity contribution in [3.63, 3.8) is 0 Å². The first-order valence-corrected chi connectivity index (χ1v) is 11.8. The summed E-state index contributed by atoms with van der Waals surface area (Å²) in [6, 6.07) is -3.71. The number of rotatable bonds is 17. The summed E-state index contributed by atoms with van der Waals surface area (Å²) in [5, 5.41) is 17.3. The van der Waals surface area contributed by atoms with Gasteiger partial charge in [0.15, 0.2) is 0 Å². The Labute approximate surface area is 197 Å². The highest BCUT2D eigenvalue weighted by Gasteiger charge is 2.31. The zero-order chi connectivity index (χ0) is 25.6. The van der Waals surface area contributed by atoms with Crippen LogP contribution in [0, 0.1) is 11.8 Å². The Kier molecular flexibility index (Phi) is 15.3. The molecule has 3 amide bonds. The maximum atomic E-state index is 13.0. The Balaban J connectivity index is 5.40. The van der Waals surface area contributed by atoms with Crippen molar-refractivity contribution >= 4 is 23.7 Å². The molecule has 0 unspecified atom stereocenters. The van der Waals surface area contributed by atoms with Gasteiger partial charge in [-0.05, 0) is 63.5 Å². The molecule has 0 aliphatic rings. The van der Waals surface area contributed by atoms with E-state index in [9.17, 15) is 24.3 Å². The minimum atomic E-state index is -1.15. The first-order valence-electron chi connectivity index (χ1n) is 11.8. The van der Waals surface area contributed by atoms with Crippen molar-refractivity contribution < 1.29 is 24.3 Å². The van der Waals surface area contributed by atoms with Crippen LogP contribution in [0.4, 0.5) is 0 Å². The van der Waals surface area contributed by atoms with Crippen molar-refractivity contribution in [2.75, 3.05) is 13.1 Å². The number of hydrogen-bond acceptors (Lipinski definition) is 7. The Morgan fingerprint density at radius 3 is 1.61 bits per heavy atom. The van der Waals surface area contributed by atoms with Crippen molar-refractivity contribution in [1.82, 2.24) is 16.0 Å². The van der Waals surface area contributed by atoms with Gasteiger partial charge >= 0.3 is 5.97 Å². The van der Waals surface area contributed by atoms with E-state index in [0.717, 1.165) is 0 Å². The fourth-order valence-corrected chi connectivity index (χ4v) is 3.13. The Morgan fingerprint density at radius 2 is 1.18 bits per heavy atom. The number of unbranched alkanes of at least 4 members (excludes halogenated alkanes) is 2. The fraction of sp³-hybridized carbons (Fsp3) is 0.818. The number of carboxylic acids is 1. The SMILES string of the molecule is CC(C)[C@H](N)C(=O)N[C@H](C(=O)N[C@@H](CCCCN)C(=O)N[C@@H](CCCCN)C(=O)O)C(C)C. The number of aliphatic carboxylic acids is 1. The van der Waals surface area contributed by atoms with Crippen LogP contribution in [0.1, 0.15) is 66.2 Å². The van der Waals surface area contributed by atoms with Gasteiger partial charge in [-0.1, -0.05) is 27.7 Å². The first kappa shape index (κ1) is 30.8. The average Bonchev–Trinajstić information content (AvgIpc) is 2.74. The van der Waals surface area contributed by atoms with Gasteiger partial charge in [0.1, 0.15) is 18.1 Å². The number of carboxylic acid groups (broad SMARTS) is 1. The number of nitrogens with one attached hydrogen (secondary N) is 3. The normalized spacial score (nSPS) is 14.9. The highest BCUT2D eigenvalue weighted by atomic mass is 16.4. The van der Waals surface area contributed by atoms with E-state index in [0.29, 0.717) is 38.8 Å². The molecule has 0 radical (unpaired) electrons. The standard InChI is InChI=1S/C22H44N6O5/c1-13(2)17(25)20(30)28-18(14(3)4)21(31)26-15(9-5-7-11-23)19(29)27-16(22(32)33)10-6-8-12-24/h13-18H,5-12,23-25H2,1-4H3,(H,26,31)(H,27,29)(H,28,30)(H,32,33)/t15-,16-,17-,18-/m0/s1. The minimum Gasteiger partial charge on any atom is -0.480 e. The Morgan fingerprint density at radius 1 is 0.697 bits per heavy atom. The number of carbonyl (C=O) groups is 4. The number of carbonyl (C=O) groups excluding carboxylic acids is 3. The second-order valence-corrected chi connectivity index (χ2v) is 9.03.